The van der Waals surface area contributed by atoms with E-state index in [1.165, 1.54) is 6.20 Å². The molecule has 1 fully saturated rings. The minimum Gasteiger partial charge on any atom is -0.472 e. The van der Waals surface area contributed by atoms with E-state index in [9.17, 15) is 8.42 Å². The standard InChI is InChI=1S/C15H19N3O3S2/c19-23(20,14-2-1-4-16-10-14)17-11-15(13-3-7-21-12-13)18-5-8-22-9-6-18/h1-4,7,10,12,15,17H,5-6,8-9,11H2/t15-/m0/s1. The molecule has 1 N–H and O–H groups in total. The van der Waals surface area contributed by atoms with Gasteiger partial charge in [0, 0.05) is 49.1 Å². The first-order valence-electron chi connectivity index (χ1n) is 7.40. The summed E-state index contributed by atoms with van der Waals surface area (Å²) in [6.07, 6.45) is 6.22. The van der Waals surface area contributed by atoms with Gasteiger partial charge in [-0.25, -0.2) is 13.1 Å². The van der Waals surface area contributed by atoms with E-state index in [0.717, 1.165) is 30.2 Å². The molecule has 124 valence electrons. The van der Waals surface area contributed by atoms with Gasteiger partial charge in [-0.2, -0.15) is 11.8 Å². The van der Waals surface area contributed by atoms with E-state index < -0.39 is 10.0 Å². The maximum Gasteiger partial charge on any atom is 0.242 e. The van der Waals surface area contributed by atoms with Crippen molar-refractivity contribution in [2.45, 2.75) is 10.9 Å². The highest BCUT2D eigenvalue weighted by molar-refractivity contribution is 7.99. The van der Waals surface area contributed by atoms with Gasteiger partial charge < -0.3 is 4.42 Å². The molecule has 3 heterocycles. The largest absolute Gasteiger partial charge is 0.472 e. The van der Waals surface area contributed by atoms with Crippen LogP contribution in [-0.4, -0.2) is 49.4 Å². The van der Waals surface area contributed by atoms with Crippen molar-refractivity contribution in [1.29, 1.82) is 0 Å². The van der Waals surface area contributed by atoms with Crippen molar-refractivity contribution in [2.24, 2.45) is 0 Å². The Bertz CT molecular complexity index is 699. The van der Waals surface area contributed by atoms with E-state index in [-0.39, 0.29) is 10.9 Å². The van der Waals surface area contributed by atoms with Gasteiger partial charge in [0.05, 0.1) is 18.6 Å². The normalized spacial score (nSPS) is 17.9. The molecule has 1 atom stereocenters. The zero-order valence-electron chi connectivity index (χ0n) is 12.6. The third-order valence-electron chi connectivity index (χ3n) is 3.83. The number of pyridine rings is 1. The molecule has 0 unspecified atom stereocenters. The predicted molar refractivity (Wildman–Crippen MR) is 89.8 cm³/mol. The third kappa shape index (κ3) is 4.14. The molecule has 2 aromatic rings. The molecule has 3 rings (SSSR count). The molecule has 1 saturated heterocycles. The highest BCUT2D eigenvalue weighted by atomic mass is 32.2. The van der Waals surface area contributed by atoms with E-state index in [1.807, 2.05) is 17.8 Å². The first-order valence-corrected chi connectivity index (χ1v) is 10.0. The average molecular weight is 353 g/mol. The van der Waals surface area contributed by atoms with Crippen LogP contribution in [0.25, 0.3) is 0 Å². The molecule has 23 heavy (non-hydrogen) atoms. The lowest BCUT2D eigenvalue weighted by Gasteiger charge is -2.33. The van der Waals surface area contributed by atoms with Crippen LogP contribution in [0.3, 0.4) is 0 Å². The highest BCUT2D eigenvalue weighted by Gasteiger charge is 2.25. The van der Waals surface area contributed by atoms with Crippen LogP contribution in [0.4, 0.5) is 0 Å². The zero-order valence-corrected chi connectivity index (χ0v) is 14.2. The minimum atomic E-state index is -3.56. The van der Waals surface area contributed by atoms with Gasteiger partial charge in [-0.3, -0.25) is 9.88 Å². The van der Waals surface area contributed by atoms with Crippen LogP contribution in [0.1, 0.15) is 11.6 Å². The lowest BCUT2D eigenvalue weighted by molar-refractivity contribution is 0.218. The summed E-state index contributed by atoms with van der Waals surface area (Å²) in [6, 6.07) is 5.02. The fourth-order valence-corrected chi connectivity index (χ4v) is 4.52. The van der Waals surface area contributed by atoms with Crippen LogP contribution in [0.15, 0.2) is 52.4 Å². The van der Waals surface area contributed by atoms with Gasteiger partial charge in [0.15, 0.2) is 0 Å². The molecule has 0 aliphatic carbocycles. The number of furan rings is 1. The molecule has 0 saturated carbocycles. The molecule has 0 amide bonds. The van der Waals surface area contributed by atoms with Gasteiger partial charge in [-0.15, -0.1) is 0 Å². The van der Waals surface area contributed by atoms with Crippen LogP contribution in [0.5, 0.6) is 0 Å². The first-order chi connectivity index (χ1) is 11.2. The molecule has 0 radical (unpaired) electrons. The second-order valence-electron chi connectivity index (χ2n) is 5.26. The molecular weight excluding hydrogens is 334 g/mol. The summed E-state index contributed by atoms with van der Waals surface area (Å²) in [6.45, 7) is 2.19. The number of nitrogens with one attached hydrogen (secondary N) is 1. The monoisotopic (exact) mass is 353 g/mol. The van der Waals surface area contributed by atoms with E-state index in [1.54, 1.807) is 30.9 Å². The van der Waals surface area contributed by atoms with Crippen molar-refractivity contribution in [3.8, 4) is 0 Å². The maximum atomic E-state index is 12.4. The SMILES string of the molecule is O=S(=O)(NC[C@@H](c1ccoc1)N1CCSCC1)c1cccnc1. The summed E-state index contributed by atoms with van der Waals surface area (Å²) in [7, 11) is -3.56. The van der Waals surface area contributed by atoms with E-state index in [0.29, 0.717) is 6.54 Å². The van der Waals surface area contributed by atoms with Crippen LogP contribution < -0.4 is 4.72 Å². The molecule has 0 bridgehead atoms. The molecule has 8 heteroatoms. The fourth-order valence-electron chi connectivity index (χ4n) is 2.59. The lowest BCUT2D eigenvalue weighted by atomic mass is 10.1. The van der Waals surface area contributed by atoms with Gasteiger partial charge in [0.2, 0.25) is 10.0 Å². The van der Waals surface area contributed by atoms with Crippen molar-refractivity contribution in [3.63, 3.8) is 0 Å². The fraction of sp³-hybridized carbons (Fsp3) is 0.400. The Kier molecular flexibility index (Phi) is 5.37. The number of hydrogen-bond donors (Lipinski definition) is 1. The van der Waals surface area contributed by atoms with Crippen molar-refractivity contribution in [3.05, 3.63) is 48.7 Å². The Balaban J connectivity index is 1.74. The molecule has 0 spiro atoms. The lowest BCUT2D eigenvalue weighted by Crippen LogP contribution is -2.41. The Hall–Kier alpha value is -1.35. The average Bonchev–Trinajstić information content (AvgIpc) is 3.11. The van der Waals surface area contributed by atoms with Crippen molar-refractivity contribution in [1.82, 2.24) is 14.6 Å². The quantitative estimate of drug-likeness (QED) is 0.853. The molecule has 2 aromatic heterocycles. The number of thioether (sulfide) groups is 1. The number of sulfonamides is 1. The van der Waals surface area contributed by atoms with Gasteiger partial charge in [-0.1, -0.05) is 0 Å². The minimum absolute atomic E-state index is 0.0268. The Labute approximate surface area is 140 Å². The van der Waals surface area contributed by atoms with Gasteiger partial charge in [0.25, 0.3) is 0 Å². The Morgan fingerprint density at radius 1 is 1.35 bits per heavy atom. The number of nitrogens with zero attached hydrogens (tertiary/aromatic N) is 2. The van der Waals surface area contributed by atoms with Gasteiger partial charge in [0.1, 0.15) is 4.90 Å². The first kappa shape index (κ1) is 16.5. The van der Waals surface area contributed by atoms with Crippen LogP contribution in [0.2, 0.25) is 0 Å². The molecular formula is C15H19N3O3S2. The molecule has 1 aliphatic rings. The van der Waals surface area contributed by atoms with E-state index in [2.05, 4.69) is 14.6 Å². The number of hydrogen-bond acceptors (Lipinski definition) is 6. The second kappa shape index (κ2) is 7.48. The predicted octanol–water partition coefficient (Wildman–Crippen LogP) is 1.74. The summed E-state index contributed by atoms with van der Waals surface area (Å²) in [4.78, 5) is 6.35. The van der Waals surface area contributed by atoms with E-state index >= 15 is 0 Å². The van der Waals surface area contributed by atoms with Crippen LogP contribution in [-0.2, 0) is 10.0 Å². The van der Waals surface area contributed by atoms with Crippen molar-refractivity contribution >= 4 is 21.8 Å². The summed E-state index contributed by atoms with van der Waals surface area (Å²) in [5.41, 5.74) is 0.991. The highest BCUT2D eigenvalue weighted by Crippen LogP contribution is 2.24. The number of rotatable bonds is 6. The Morgan fingerprint density at radius 3 is 2.83 bits per heavy atom. The summed E-state index contributed by atoms with van der Waals surface area (Å²) in [5, 5.41) is 0. The zero-order chi connectivity index (χ0) is 16.1. The Morgan fingerprint density at radius 2 is 2.17 bits per heavy atom. The smallest absolute Gasteiger partial charge is 0.242 e. The molecule has 0 aromatic carbocycles. The summed E-state index contributed by atoms with van der Waals surface area (Å²) < 4.78 is 32.7. The van der Waals surface area contributed by atoms with Crippen LogP contribution in [0, 0.1) is 0 Å². The second-order valence-corrected chi connectivity index (χ2v) is 8.25. The maximum absolute atomic E-state index is 12.4. The molecule has 6 nitrogen and oxygen atoms in total. The topological polar surface area (TPSA) is 75.4 Å². The summed E-state index contributed by atoms with van der Waals surface area (Å²) in [5.74, 6) is 2.12. The molecule has 1 aliphatic heterocycles. The van der Waals surface area contributed by atoms with Gasteiger partial charge >= 0.3 is 0 Å². The summed E-state index contributed by atoms with van der Waals surface area (Å²) >= 11 is 1.92. The van der Waals surface area contributed by atoms with Crippen molar-refractivity contribution in [2.75, 3.05) is 31.1 Å². The van der Waals surface area contributed by atoms with Gasteiger partial charge in [-0.05, 0) is 18.2 Å². The van der Waals surface area contributed by atoms with Crippen molar-refractivity contribution < 1.29 is 12.8 Å². The van der Waals surface area contributed by atoms with Crippen LogP contribution >= 0.6 is 11.8 Å². The number of aromatic nitrogens is 1. The van der Waals surface area contributed by atoms with E-state index in [4.69, 9.17) is 4.42 Å². The third-order valence-corrected chi connectivity index (χ3v) is 6.18.